The van der Waals surface area contributed by atoms with Gasteiger partial charge in [0.1, 0.15) is 11.2 Å². The summed E-state index contributed by atoms with van der Waals surface area (Å²) in [7, 11) is 0. The van der Waals surface area contributed by atoms with Gasteiger partial charge in [0, 0.05) is 44.0 Å². The summed E-state index contributed by atoms with van der Waals surface area (Å²) < 4.78 is 8.65. The summed E-state index contributed by atoms with van der Waals surface area (Å²) in [5, 5.41) is 9.68. The molecule has 11 aromatic rings. The molecule has 0 saturated heterocycles. The van der Waals surface area contributed by atoms with Crippen molar-refractivity contribution in [2.45, 2.75) is 0 Å². The lowest BCUT2D eigenvalue weighted by atomic mass is 9.98. The largest absolute Gasteiger partial charge is 0.456 e. The minimum atomic E-state index is 0.902. The molecule has 3 heteroatoms. The van der Waals surface area contributed by atoms with Gasteiger partial charge < -0.3 is 13.9 Å². The van der Waals surface area contributed by atoms with Crippen molar-refractivity contribution in [2.24, 2.45) is 0 Å². The zero-order chi connectivity index (χ0) is 34.9. The van der Waals surface area contributed by atoms with E-state index in [1.807, 2.05) is 12.1 Å². The molecule has 0 aliphatic carbocycles. The van der Waals surface area contributed by atoms with Gasteiger partial charge in [-0.1, -0.05) is 133 Å². The highest BCUT2D eigenvalue weighted by Crippen LogP contribution is 2.44. The molecule has 0 unspecified atom stereocenters. The predicted molar refractivity (Wildman–Crippen MR) is 223 cm³/mol. The third-order valence-electron chi connectivity index (χ3n) is 10.8. The molecule has 0 aliphatic heterocycles. The van der Waals surface area contributed by atoms with Crippen LogP contribution in [0.2, 0.25) is 0 Å². The number of para-hydroxylation sites is 3. The number of benzene rings is 9. The second-order valence-corrected chi connectivity index (χ2v) is 13.7. The first-order chi connectivity index (χ1) is 26.3. The predicted octanol–water partition coefficient (Wildman–Crippen LogP) is 14.1. The van der Waals surface area contributed by atoms with E-state index in [1.165, 1.54) is 43.4 Å². The molecule has 0 N–H and O–H groups in total. The molecule has 3 nitrogen and oxygen atoms in total. The molecule has 2 aromatic heterocycles. The van der Waals surface area contributed by atoms with Crippen LogP contribution in [0.15, 0.2) is 199 Å². The van der Waals surface area contributed by atoms with E-state index in [4.69, 9.17) is 4.42 Å². The molecule has 0 bridgehead atoms. The van der Waals surface area contributed by atoms with E-state index >= 15 is 0 Å². The Morgan fingerprint density at radius 1 is 0.396 bits per heavy atom. The van der Waals surface area contributed by atoms with Crippen LogP contribution in [-0.2, 0) is 0 Å². The van der Waals surface area contributed by atoms with Crippen LogP contribution in [0.25, 0.3) is 82.1 Å². The molecule has 9 aromatic carbocycles. The fraction of sp³-hybridized carbons (Fsp3) is 0. The highest BCUT2D eigenvalue weighted by molar-refractivity contribution is 6.16. The van der Waals surface area contributed by atoms with E-state index in [0.717, 1.165) is 55.8 Å². The fourth-order valence-corrected chi connectivity index (χ4v) is 8.43. The average Bonchev–Trinajstić information content (AvgIpc) is 3.77. The van der Waals surface area contributed by atoms with Crippen molar-refractivity contribution in [2.75, 3.05) is 4.90 Å². The van der Waals surface area contributed by atoms with E-state index in [-0.39, 0.29) is 0 Å². The molecule has 53 heavy (non-hydrogen) atoms. The Labute approximate surface area is 306 Å². The molecule has 248 valence electrons. The number of rotatable bonds is 5. The highest BCUT2D eigenvalue weighted by atomic mass is 16.3. The van der Waals surface area contributed by atoms with Gasteiger partial charge in [-0.05, 0) is 87.9 Å². The Hall–Kier alpha value is -7.10. The molecule has 0 amide bonds. The molecule has 2 heterocycles. The Bertz CT molecular complexity index is 3130. The van der Waals surface area contributed by atoms with Gasteiger partial charge in [0.25, 0.3) is 0 Å². The maximum atomic E-state index is 6.25. The van der Waals surface area contributed by atoms with E-state index in [2.05, 4.69) is 191 Å². The number of nitrogens with zero attached hydrogens (tertiary/aromatic N) is 2. The van der Waals surface area contributed by atoms with Crippen LogP contribution in [0.3, 0.4) is 0 Å². The summed E-state index contributed by atoms with van der Waals surface area (Å²) in [5.74, 6) is 0. The van der Waals surface area contributed by atoms with Crippen LogP contribution < -0.4 is 4.90 Å². The lowest BCUT2D eigenvalue weighted by Crippen LogP contribution is -2.11. The van der Waals surface area contributed by atoms with Crippen LogP contribution in [-0.4, -0.2) is 4.57 Å². The van der Waals surface area contributed by atoms with Gasteiger partial charge in [-0.15, -0.1) is 0 Å². The van der Waals surface area contributed by atoms with Gasteiger partial charge in [-0.2, -0.15) is 0 Å². The van der Waals surface area contributed by atoms with Crippen molar-refractivity contribution in [1.29, 1.82) is 0 Å². The minimum absolute atomic E-state index is 0.902. The molecule has 0 radical (unpaired) electrons. The highest BCUT2D eigenvalue weighted by Gasteiger charge is 2.20. The lowest BCUT2D eigenvalue weighted by Gasteiger charge is -2.28. The third kappa shape index (κ3) is 4.61. The molecular formula is C50H32N2O. The normalized spacial score (nSPS) is 11.8. The standard InChI is InChI=1S/C50H32N2O/c1-2-16-39-33(12-1)26-27-35-13-9-23-46(49(35)39)51(36-30-28-34(29-31-36)40-20-11-25-48-50(40)43-19-5-8-24-47(43)53-48)37-14-10-15-38(32-37)52-44-21-6-3-17-41(44)42-18-4-7-22-45(42)52/h1-32H. The van der Waals surface area contributed by atoms with E-state index < -0.39 is 0 Å². The number of furan rings is 1. The monoisotopic (exact) mass is 676 g/mol. The number of anilines is 3. The first-order valence-electron chi connectivity index (χ1n) is 18.1. The van der Waals surface area contributed by atoms with Crippen molar-refractivity contribution in [3.8, 4) is 16.8 Å². The van der Waals surface area contributed by atoms with Gasteiger partial charge in [0.15, 0.2) is 0 Å². The van der Waals surface area contributed by atoms with E-state index in [0.29, 0.717) is 0 Å². The van der Waals surface area contributed by atoms with Crippen molar-refractivity contribution >= 4 is 82.4 Å². The van der Waals surface area contributed by atoms with Crippen LogP contribution in [0.1, 0.15) is 0 Å². The summed E-state index contributed by atoms with van der Waals surface area (Å²) in [4.78, 5) is 2.42. The van der Waals surface area contributed by atoms with Gasteiger partial charge >= 0.3 is 0 Å². The van der Waals surface area contributed by atoms with E-state index in [9.17, 15) is 0 Å². The second kappa shape index (κ2) is 11.7. The summed E-state index contributed by atoms with van der Waals surface area (Å²) in [6.07, 6.45) is 0. The quantitative estimate of drug-likeness (QED) is 0.169. The first-order valence-corrected chi connectivity index (χ1v) is 18.1. The topological polar surface area (TPSA) is 21.3 Å². The maximum absolute atomic E-state index is 6.25. The maximum Gasteiger partial charge on any atom is 0.136 e. The first kappa shape index (κ1) is 29.6. The van der Waals surface area contributed by atoms with Crippen molar-refractivity contribution in [3.05, 3.63) is 194 Å². The number of hydrogen-bond acceptors (Lipinski definition) is 2. The lowest BCUT2D eigenvalue weighted by molar-refractivity contribution is 0.669. The Morgan fingerprint density at radius 3 is 1.83 bits per heavy atom. The molecule has 0 fully saturated rings. The minimum Gasteiger partial charge on any atom is -0.456 e. The van der Waals surface area contributed by atoms with Crippen LogP contribution in [0.5, 0.6) is 0 Å². The number of hydrogen-bond donors (Lipinski definition) is 0. The Balaban J connectivity index is 1.14. The molecular weight excluding hydrogens is 645 g/mol. The molecule has 0 saturated carbocycles. The zero-order valence-electron chi connectivity index (χ0n) is 28.8. The summed E-state index contributed by atoms with van der Waals surface area (Å²) in [6, 6.07) is 69.8. The Morgan fingerprint density at radius 2 is 1.02 bits per heavy atom. The molecule has 0 aliphatic rings. The van der Waals surface area contributed by atoms with Crippen LogP contribution in [0.4, 0.5) is 17.1 Å². The third-order valence-corrected chi connectivity index (χ3v) is 10.8. The van der Waals surface area contributed by atoms with Gasteiger partial charge in [-0.25, -0.2) is 0 Å². The van der Waals surface area contributed by atoms with Crippen LogP contribution >= 0.6 is 0 Å². The summed E-state index contributed by atoms with van der Waals surface area (Å²) in [5.41, 5.74) is 10.9. The zero-order valence-corrected chi connectivity index (χ0v) is 28.8. The Kier molecular flexibility index (Phi) is 6.55. The van der Waals surface area contributed by atoms with Crippen LogP contribution in [0, 0.1) is 0 Å². The van der Waals surface area contributed by atoms with Gasteiger partial charge in [0.05, 0.1) is 16.7 Å². The average molecular weight is 677 g/mol. The summed E-state index contributed by atoms with van der Waals surface area (Å²) >= 11 is 0. The van der Waals surface area contributed by atoms with Crippen molar-refractivity contribution in [1.82, 2.24) is 4.57 Å². The summed E-state index contributed by atoms with van der Waals surface area (Å²) in [6.45, 7) is 0. The molecule has 0 spiro atoms. The molecule has 0 atom stereocenters. The fourth-order valence-electron chi connectivity index (χ4n) is 8.43. The smallest absolute Gasteiger partial charge is 0.136 e. The van der Waals surface area contributed by atoms with E-state index in [1.54, 1.807) is 0 Å². The number of fused-ring (bicyclic) bond motifs is 9. The SMILES string of the molecule is c1cc(N(c2ccc(-c3cccc4oc5ccccc5c34)cc2)c2cccc3ccc4ccccc4c23)cc(-n2c3ccccc3c3ccccc32)c1. The van der Waals surface area contributed by atoms with Gasteiger partial charge in [-0.3, -0.25) is 0 Å². The van der Waals surface area contributed by atoms with Gasteiger partial charge in [0.2, 0.25) is 0 Å². The second-order valence-electron chi connectivity index (χ2n) is 13.7. The van der Waals surface area contributed by atoms with Crippen molar-refractivity contribution < 1.29 is 4.42 Å². The molecule has 11 rings (SSSR count). The number of aromatic nitrogens is 1. The van der Waals surface area contributed by atoms with Crippen molar-refractivity contribution in [3.63, 3.8) is 0 Å².